The Labute approximate surface area is 97.4 Å². The largest absolute Gasteiger partial charge is 0.459 e. The number of hydrogen-bond acceptors (Lipinski definition) is 3. The summed E-state index contributed by atoms with van der Waals surface area (Å²) in [5, 5.41) is 2.97. The molecular weight excluding hydrogens is 206 g/mol. The zero-order valence-electron chi connectivity index (χ0n) is 10.8. The number of aliphatic imine (C=N–C) groups is 1. The fraction of sp³-hybridized carbons (Fsp3) is 0.818. The van der Waals surface area contributed by atoms with Crippen molar-refractivity contribution in [1.29, 1.82) is 0 Å². The molecule has 94 valence electrons. The van der Waals surface area contributed by atoms with Gasteiger partial charge in [-0.3, -0.25) is 4.79 Å². The number of rotatable bonds is 4. The van der Waals surface area contributed by atoms with Crippen LogP contribution in [0.5, 0.6) is 0 Å². The molecule has 0 saturated carbocycles. The standard InChI is InChI=1S/C11H23N3O2/c1-6-8(2)14-10(12)13-7-9(15)16-11(3,4)5/h8H,6-7H2,1-5H3,(H3,12,13,14). The first kappa shape index (κ1) is 14.7. The summed E-state index contributed by atoms with van der Waals surface area (Å²) in [5.74, 6) is -0.0957. The third-order valence-electron chi connectivity index (χ3n) is 1.81. The highest BCUT2D eigenvalue weighted by Crippen LogP contribution is 2.06. The molecule has 5 nitrogen and oxygen atoms in total. The fourth-order valence-corrected chi connectivity index (χ4v) is 0.924. The summed E-state index contributed by atoms with van der Waals surface area (Å²) in [6, 6.07) is 0.252. The van der Waals surface area contributed by atoms with Crippen LogP contribution in [0.3, 0.4) is 0 Å². The number of nitrogens with zero attached hydrogens (tertiary/aromatic N) is 1. The molecule has 5 heteroatoms. The zero-order valence-corrected chi connectivity index (χ0v) is 10.8. The highest BCUT2D eigenvalue weighted by molar-refractivity contribution is 5.81. The van der Waals surface area contributed by atoms with Crippen molar-refractivity contribution in [1.82, 2.24) is 5.32 Å². The van der Waals surface area contributed by atoms with Crippen LogP contribution in [0.15, 0.2) is 4.99 Å². The molecule has 0 aliphatic rings. The molecule has 0 aliphatic heterocycles. The highest BCUT2D eigenvalue weighted by atomic mass is 16.6. The first-order chi connectivity index (χ1) is 7.24. The monoisotopic (exact) mass is 229 g/mol. The first-order valence-corrected chi connectivity index (χ1v) is 5.53. The van der Waals surface area contributed by atoms with Crippen molar-refractivity contribution in [2.75, 3.05) is 6.54 Å². The molecule has 0 spiro atoms. The topological polar surface area (TPSA) is 76.7 Å². The molecule has 1 atom stereocenters. The molecule has 0 aromatic heterocycles. The van der Waals surface area contributed by atoms with E-state index in [-0.39, 0.29) is 24.5 Å². The maximum absolute atomic E-state index is 11.3. The minimum Gasteiger partial charge on any atom is -0.459 e. The lowest BCUT2D eigenvalue weighted by Gasteiger charge is -2.18. The van der Waals surface area contributed by atoms with E-state index in [0.717, 1.165) is 6.42 Å². The third kappa shape index (κ3) is 8.08. The van der Waals surface area contributed by atoms with E-state index in [9.17, 15) is 4.79 Å². The van der Waals surface area contributed by atoms with Crippen LogP contribution < -0.4 is 11.1 Å². The van der Waals surface area contributed by atoms with Gasteiger partial charge in [0.05, 0.1) is 0 Å². The van der Waals surface area contributed by atoms with E-state index in [1.807, 2.05) is 34.6 Å². The van der Waals surface area contributed by atoms with Gasteiger partial charge in [-0.2, -0.15) is 0 Å². The van der Waals surface area contributed by atoms with Gasteiger partial charge in [0.25, 0.3) is 0 Å². The molecule has 16 heavy (non-hydrogen) atoms. The number of ether oxygens (including phenoxy) is 1. The van der Waals surface area contributed by atoms with Gasteiger partial charge >= 0.3 is 5.97 Å². The van der Waals surface area contributed by atoms with Crippen molar-refractivity contribution in [2.45, 2.75) is 52.7 Å². The van der Waals surface area contributed by atoms with Gasteiger partial charge in [-0.25, -0.2) is 4.99 Å². The van der Waals surface area contributed by atoms with Crippen molar-refractivity contribution in [2.24, 2.45) is 10.7 Å². The molecule has 0 aliphatic carbocycles. The van der Waals surface area contributed by atoms with Crippen LogP contribution in [0.1, 0.15) is 41.0 Å². The van der Waals surface area contributed by atoms with Crippen LogP contribution in [-0.4, -0.2) is 30.1 Å². The van der Waals surface area contributed by atoms with Gasteiger partial charge in [-0.1, -0.05) is 6.92 Å². The maximum Gasteiger partial charge on any atom is 0.328 e. The van der Waals surface area contributed by atoms with Gasteiger partial charge in [0, 0.05) is 6.04 Å². The average Bonchev–Trinajstić information content (AvgIpc) is 2.12. The molecule has 1 unspecified atom stereocenters. The summed E-state index contributed by atoms with van der Waals surface area (Å²) in [4.78, 5) is 15.2. The molecule has 0 amide bonds. The lowest BCUT2D eigenvalue weighted by molar-refractivity contribution is -0.152. The molecule has 0 rings (SSSR count). The van der Waals surface area contributed by atoms with Crippen molar-refractivity contribution in [3.8, 4) is 0 Å². The molecular formula is C11H23N3O2. The van der Waals surface area contributed by atoms with E-state index in [1.54, 1.807) is 0 Å². The molecule has 0 bridgehead atoms. The molecule has 0 radical (unpaired) electrons. The summed E-state index contributed by atoms with van der Waals surface area (Å²) >= 11 is 0. The summed E-state index contributed by atoms with van der Waals surface area (Å²) in [6.45, 7) is 9.43. The number of nitrogens with one attached hydrogen (secondary N) is 1. The van der Waals surface area contributed by atoms with E-state index in [0.29, 0.717) is 0 Å². The number of guanidine groups is 1. The van der Waals surface area contributed by atoms with Gasteiger partial charge in [0.15, 0.2) is 5.96 Å². The van der Waals surface area contributed by atoms with Gasteiger partial charge in [0.2, 0.25) is 0 Å². The Morgan fingerprint density at radius 1 is 1.50 bits per heavy atom. The second-order valence-electron chi connectivity index (χ2n) is 4.74. The average molecular weight is 229 g/mol. The maximum atomic E-state index is 11.3. The Kier molecular flexibility index (Phi) is 5.85. The smallest absolute Gasteiger partial charge is 0.328 e. The quantitative estimate of drug-likeness (QED) is 0.429. The van der Waals surface area contributed by atoms with Crippen molar-refractivity contribution in [3.63, 3.8) is 0 Å². The molecule has 0 aromatic rings. The Balaban J connectivity index is 4.02. The van der Waals surface area contributed by atoms with Gasteiger partial charge in [-0.05, 0) is 34.1 Å². The SMILES string of the molecule is CCC(C)NC(N)=NCC(=O)OC(C)(C)C. The number of carbonyl (C=O) groups is 1. The van der Waals surface area contributed by atoms with E-state index in [2.05, 4.69) is 10.3 Å². The van der Waals surface area contributed by atoms with Crippen LogP contribution in [0.25, 0.3) is 0 Å². The zero-order chi connectivity index (χ0) is 12.8. The predicted molar refractivity (Wildman–Crippen MR) is 65.2 cm³/mol. The molecule has 3 N–H and O–H groups in total. The van der Waals surface area contributed by atoms with Crippen LogP contribution in [0.2, 0.25) is 0 Å². The summed E-state index contributed by atoms with van der Waals surface area (Å²) in [7, 11) is 0. The minimum absolute atomic E-state index is 0.0491. The van der Waals surface area contributed by atoms with Gasteiger partial charge in [-0.15, -0.1) is 0 Å². The summed E-state index contributed by atoms with van der Waals surface area (Å²) in [6.07, 6.45) is 0.947. The third-order valence-corrected chi connectivity index (χ3v) is 1.81. The lowest BCUT2D eigenvalue weighted by Crippen LogP contribution is -2.38. The Morgan fingerprint density at radius 2 is 2.06 bits per heavy atom. The summed E-state index contributed by atoms with van der Waals surface area (Å²) in [5.41, 5.74) is 5.11. The number of esters is 1. The second kappa shape index (κ2) is 6.35. The van der Waals surface area contributed by atoms with E-state index in [4.69, 9.17) is 10.5 Å². The van der Waals surface area contributed by atoms with Crippen LogP contribution in [-0.2, 0) is 9.53 Å². The predicted octanol–water partition coefficient (Wildman–Crippen LogP) is 1.03. The number of nitrogens with two attached hydrogens (primary N) is 1. The van der Waals surface area contributed by atoms with E-state index < -0.39 is 5.60 Å². The first-order valence-electron chi connectivity index (χ1n) is 5.53. The van der Waals surface area contributed by atoms with Crippen LogP contribution in [0, 0.1) is 0 Å². The van der Waals surface area contributed by atoms with Gasteiger partial charge < -0.3 is 15.8 Å². The van der Waals surface area contributed by atoms with Crippen molar-refractivity contribution in [3.05, 3.63) is 0 Å². The van der Waals surface area contributed by atoms with Crippen molar-refractivity contribution < 1.29 is 9.53 Å². The van der Waals surface area contributed by atoms with Crippen molar-refractivity contribution >= 4 is 11.9 Å². The molecule has 0 saturated heterocycles. The Morgan fingerprint density at radius 3 is 2.50 bits per heavy atom. The number of hydrogen-bond donors (Lipinski definition) is 2. The van der Waals surface area contributed by atoms with Crippen LogP contribution in [0.4, 0.5) is 0 Å². The fourth-order valence-electron chi connectivity index (χ4n) is 0.924. The normalized spacial score (nSPS) is 14.4. The summed E-state index contributed by atoms with van der Waals surface area (Å²) < 4.78 is 5.09. The highest BCUT2D eigenvalue weighted by Gasteiger charge is 2.15. The van der Waals surface area contributed by atoms with Crippen LogP contribution >= 0.6 is 0 Å². The number of carbonyl (C=O) groups excluding carboxylic acids is 1. The van der Waals surface area contributed by atoms with E-state index in [1.165, 1.54) is 0 Å². The molecule has 0 heterocycles. The van der Waals surface area contributed by atoms with Gasteiger partial charge in [0.1, 0.15) is 12.1 Å². The Hall–Kier alpha value is -1.26. The minimum atomic E-state index is -0.481. The molecule has 0 fully saturated rings. The Bertz CT molecular complexity index is 256. The van der Waals surface area contributed by atoms with E-state index >= 15 is 0 Å². The molecule has 0 aromatic carbocycles. The lowest BCUT2D eigenvalue weighted by atomic mass is 10.2. The second-order valence-corrected chi connectivity index (χ2v) is 4.74.